The van der Waals surface area contributed by atoms with Crippen molar-refractivity contribution in [3.8, 4) is 0 Å². The van der Waals surface area contributed by atoms with Crippen LogP contribution in [-0.2, 0) is 32.7 Å². The number of rotatable bonds is 36. The Morgan fingerprint density at radius 1 is 0.780 bits per heavy atom. The normalized spacial score (nSPS) is 20.9. The summed E-state index contributed by atoms with van der Waals surface area (Å²) in [5.74, 6) is -1.30. The summed E-state index contributed by atoms with van der Waals surface area (Å²) in [5.41, 5.74) is 0. The number of carbonyl (C=O) groups excluding carboxylic acids is 2. The van der Waals surface area contributed by atoms with Gasteiger partial charge >= 0.3 is 11.9 Å². The minimum atomic E-state index is -4.69. The molecule has 0 spiro atoms. The summed E-state index contributed by atoms with van der Waals surface area (Å²) < 4.78 is 33.9. The standard InChI is InChI=1S/C46H82NO11P/c1-6-8-10-11-12-13-14-15-16-17-18-19-20-21-26-30-45(51)55-37-40(38-57-59(53,54)56-35-34-47(3,4)5)58-46(52)31-27-23-22-25-29-41-42(44(50)36-43(41)49)33-32-39(48)28-24-9-7-2/h8,10,12-13,15-16,32-33,39-44,48-50H,6-7,9,11,14,17-31,34-38H2,1-5H3/b10-8-,13-12-,16-15-,33-32+/t39-,40+,41+,42+,43-,44+/m0/s1. The van der Waals surface area contributed by atoms with Gasteiger partial charge in [-0.1, -0.05) is 120 Å². The van der Waals surface area contributed by atoms with E-state index in [0.717, 1.165) is 89.9 Å². The van der Waals surface area contributed by atoms with Gasteiger partial charge in [0, 0.05) is 25.2 Å². The number of allylic oxidation sites excluding steroid dienone is 6. The van der Waals surface area contributed by atoms with Gasteiger partial charge < -0.3 is 43.2 Å². The Morgan fingerprint density at radius 3 is 2.08 bits per heavy atom. The van der Waals surface area contributed by atoms with Crippen LogP contribution in [0.4, 0.5) is 0 Å². The Morgan fingerprint density at radius 2 is 1.41 bits per heavy atom. The molecule has 1 saturated carbocycles. The third-order valence-electron chi connectivity index (χ3n) is 10.4. The van der Waals surface area contributed by atoms with E-state index in [1.165, 1.54) is 0 Å². The van der Waals surface area contributed by atoms with Gasteiger partial charge in [0.1, 0.15) is 19.8 Å². The number of ether oxygens (including phenoxy) is 2. The van der Waals surface area contributed by atoms with Crippen LogP contribution in [0.3, 0.4) is 0 Å². The molecule has 12 nitrogen and oxygen atoms in total. The zero-order valence-corrected chi connectivity index (χ0v) is 38.2. The lowest BCUT2D eigenvalue weighted by atomic mass is 9.88. The van der Waals surface area contributed by atoms with Gasteiger partial charge in [-0.15, -0.1) is 0 Å². The molecular formula is C46H82NO11P. The van der Waals surface area contributed by atoms with Crippen molar-refractivity contribution in [2.45, 2.75) is 173 Å². The molecule has 0 radical (unpaired) electrons. The predicted molar refractivity (Wildman–Crippen MR) is 233 cm³/mol. The van der Waals surface area contributed by atoms with Crippen LogP contribution in [-0.4, -0.2) is 104 Å². The van der Waals surface area contributed by atoms with Crippen LogP contribution in [0.2, 0.25) is 0 Å². The molecule has 0 aromatic heterocycles. The number of hydrogen-bond acceptors (Lipinski definition) is 11. The van der Waals surface area contributed by atoms with Crippen molar-refractivity contribution in [1.29, 1.82) is 0 Å². The molecule has 0 aromatic carbocycles. The number of quaternary nitrogens is 1. The van der Waals surface area contributed by atoms with Crippen LogP contribution in [0.15, 0.2) is 48.6 Å². The topological polar surface area (TPSA) is 172 Å². The van der Waals surface area contributed by atoms with E-state index in [2.05, 4.69) is 50.3 Å². The summed E-state index contributed by atoms with van der Waals surface area (Å²) in [6.45, 7) is 3.74. The summed E-state index contributed by atoms with van der Waals surface area (Å²) in [4.78, 5) is 37.8. The molecule has 1 fully saturated rings. The van der Waals surface area contributed by atoms with Crippen molar-refractivity contribution in [2.24, 2.45) is 11.8 Å². The van der Waals surface area contributed by atoms with Crippen LogP contribution in [0, 0.1) is 11.8 Å². The molecule has 1 unspecified atom stereocenters. The van der Waals surface area contributed by atoms with Gasteiger partial charge in [-0.05, 0) is 63.7 Å². The van der Waals surface area contributed by atoms with Gasteiger partial charge in [-0.2, -0.15) is 0 Å². The summed E-state index contributed by atoms with van der Waals surface area (Å²) in [7, 11) is 1.02. The molecule has 0 heterocycles. The molecular weight excluding hydrogens is 773 g/mol. The summed E-state index contributed by atoms with van der Waals surface area (Å²) in [6, 6.07) is 0. The largest absolute Gasteiger partial charge is 0.756 e. The van der Waals surface area contributed by atoms with Crippen LogP contribution in [0.5, 0.6) is 0 Å². The molecule has 1 aliphatic rings. The van der Waals surface area contributed by atoms with Gasteiger partial charge in [-0.25, -0.2) is 0 Å². The maximum absolute atomic E-state index is 12.8. The van der Waals surface area contributed by atoms with Gasteiger partial charge in [0.2, 0.25) is 0 Å². The fourth-order valence-corrected chi connectivity index (χ4v) is 7.61. The van der Waals surface area contributed by atoms with Gasteiger partial charge in [-0.3, -0.25) is 14.2 Å². The highest BCUT2D eigenvalue weighted by Crippen LogP contribution is 2.39. The molecule has 1 aliphatic carbocycles. The second-order valence-electron chi connectivity index (χ2n) is 17.0. The Balaban J connectivity index is 2.49. The first kappa shape index (κ1) is 54.9. The summed E-state index contributed by atoms with van der Waals surface area (Å²) in [5, 5.41) is 31.4. The highest BCUT2D eigenvalue weighted by atomic mass is 31.2. The fraction of sp³-hybridized carbons (Fsp3) is 0.783. The van der Waals surface area contributed by atoms with E-state index < -0.39 is 50.8 Å². The maximum atomic E-state index is 12.8. The van der Waals surface area contributed by atoms with Crippen molar-refractivity contribution in [3.63, 3.8) is 0 Å². The first-order valence-electron chi connectivity index (χ1n) is 22.6. The van der Waals surface area contributed by atoms with E-state index in [4.69, 9.17) is 18.5 Å². The van der Waals surface area contributed by atoms with E-state index in [9.17, 15) is 34.4 Å². The lowest BCUT2D eigenvalue weighted by molar-refractivity contribution is -0.870. The van der Waals surface area contributed by atoms with Crippen molar-refractivity contribution in [2.75, 3.05) is 47.5 Å². The molecule has 3 N–H and O–H groups in total. The Bertz CT molecular complexity index is 1260. The first-order valence-corrected chi connectivity index (χ1v) is 24.1. The molecule has 7 atom stereocenters. The number of hydrogen-bond donors (Lipinski definition) is 3. The van der Waals surface area contributed by atoms with Gasteiger partial charge in [0.25, 0.3) is 7.82 Å². The number of esters is 2. The zero-order valence-electron chi connectivity index (χ0n) is 37.3. The predicted octanol–water partition coefficient (Wildman–Crippen LogP) is 8.43. The van der Waals surface area contributed by atoms with Gasteiger partial charge in [0.15, 0.2) is 6.10 Å². The number of likely N-dealkylation sites (N-methyl/N-ethyl adjacent to an activating group) is 1. The molecule has 13 heteroatoms. The SMILES string of the molecule is CC/C=C\C/C=C\C/C=C\CCCCCCCC(=O)OC[C@H](COP(=O)([O-])OCC[N+](C)(C)C)OC(=O)CCCCCC[C@@H]1[C@@H](/C=C/[C@@H](O)CCCCC)[C@H](O)C[C@@H]1O. The highest BCUT2D eigenvalue weighted by molar-refractivity contribution is 7.45. The number of phosphoric acid groups is 1. The molecule has 59 heavy (non-hydrogen) atoms. The quantitative estimate of drug-likeness (QED) is 0.0182. The van der Waals surface area contributed by atoms with Crippen LogP contribution in [0.1, 0.15) is 149 Å². The molecule has 0 bridgehead atoms. The number of carbonyl (C=O) groups is 2. The Kier molecular flexibility index (Phi) is 31.1. The van der Waals surface area contributed by atoms with Crippen molar-refractivity contribution in [3.05, 3.63) is 48.6 Å². The first-order chi connectivity index (χ1) is 28.2. The molecule has 342 valence electrons. The second-order valence-corrected chi connectivity index (χ2v) is 18.4. The monoisotopic (exact) mass is 856 g/mol. The molecule has 0 aliphatic heterocycles. The third-order valence-corrected chi connectivity index (χ3v) is 11.4. The molecule has 0 saturated heterocycles. The van der Waals surface area contributed by atoms with E-state index in [0.29, 0.717) is 43.1 Å². The molecule has 1 rings (SSSR count). The van der Waals surface area contributed by atoms with Crippen LogP contribution < -0.4 is 4.89 Å². The lowest BCUT2D eigenvalue weighted by Crippen LogP contribution is -2.37. The molecule has 0 aromatic rings. The number of aliphatic hydroxyl groups is 3. The van der Waals surface area contributed by atoms with Crippen molar-refractivity contribution < 1.29 is 57.4 Å². The lowest BCUT2D eigenvalue weighted by Gasteiger charge is -2.28. The van der Waals surface area contributed by atoms with Crippen molar-refractivity contribution in [1.82, 2.24) is 0 Å². The number of aliphatic hydroxyl groups excluding tert-OH is 3. The van der Waals surface area contributed by atoms with E-state index >= 15 is 0 Å². The van der Waals surface area contributed by atoms with E-state index in [-0.39, 0.29) is 37.9 Å². The smallest absolute Gasteiger partial charge is 0.306 e. The second kappa shape index (κ2) is 33.5. The van der Waals surface area contributed by atoms with E-state index in [1.807, 2.05) is 27.2 Å². The minimum Gasteiger partial charge on any atom is -0.756 e. The Hall–Kier alpha value is -2.15. The van der Waals surface area contributed by atoms with Gasteiger partial charge in [0.05, 0.1) is 46.1 Å². The van der Waals surface area contributed by atoms with Crippen molar-refractivity contribution >= 4 is 19.8 Å². The third kappa shape index (κ3) is 30.5. The average Bonchev–Trinajstić information content (AvgIpc) is 3.44. The maximum Gasteiger partial charge on any atom is 0.306 e. The average molecular weight is 856 g/mol. The Labute approximate surface area is 357 Å². The number of unbranched alkanes of at least 4 members (excludes halogenated alkanes) is 10. The minimum absolute atomic E-state index is 0.0741. The van der Waals surface area contributed by atoms with Crippen LogP contribution in [0.25, 0.3) is 0 Å². The highest BCUT2D eigenvalue weighted by Gasteiger charge is 2.39. The fourth-order valence-electron chi connectivity index (χ4n) is 6.88. The summed E-state index contributed by atoms with van der Waals surface area (Å²) >= 11 is 0. The van der Waals surface area contributed by atoms with E-state index in [1.54, 1.807) is 6.08 Å². The number of nitrogens with zero attached hydrogens (tertiary/aromatic N) is 1. The van der Waals surface area contributed by atoms with Crippen LogP contribution >= 0.6 is 7.82 Å². The molecule has 0 amide bonds. The summed E-state index contributed by atoms with van der Waals surface area (Å²) in [6.07, 6.45) is 30.6. The zero-order chi connectivity index (χ0) is 43.8. The number of phosphoric ester groups is 1.